The van der Waals surface area contributed by atoms with Crippen molar-refractivity contribution in [3.05, 3.63) is 16.7 Å². The smallest absolute Gasteiger partial charge is 0.280 e. The zero-order chi connectivity index (χ0) is 13.8. The number of nitrogens with two attached hydrogens (primary N) is 1. The average molecular weight is 271 g/mol. The average Bonchev–Trinajstić information content (AvgIpc) is 2.67. The predicted molar refractivity (Wildman–Crippen MR) is 61.6 cm³/mol. The lowest BCUT2D eigenvalue weighted by atomic mass is 10.3. The summed E-state index contributed by atoms with van der Waals surface area (Å²) in [6.07, 6.45) is 1.27. The second-order valence-corrected chi connectivity index (χ2v) is 4.59. The number of aromatic amines is 1. The Balaban J connectivity index is 1.97. The molecule has 102 valence electrons. The van der Waals surface area contributed by atoms with E-state index < -0.39 is 29.9 Å². The molecule has 9 heteroatoms. The molecule has 2 heterocycles. The van der Waals surface area contributed by atoms with Crippen molar-refractivity contribution in [3.63, 3.8) is 0 Å². The lowest BCUT2D eigenvalue weighted by molar-refractivity contribution is 0.0704. The van der Waals surface area contributed by atoms with Crippen molar-refractivity contribution in [3.8, 4) is 0 Å². The van der Waals surface area contributed by atoms with Gasteiger partial charge in [0.2, 0.25) is 5.95 Å². The molecule has 1 saturated carbocycles. The summed E-state index contributed by atoms with van der Waals surface area (Å²) in [5.41, 5.74) is 5.12. The second kappa shape index (κ2) is 3.73. The SMILES string of the molecule is Nc1nc2c(ncn2C[C@H]2[C@@H](CO)C2(F)F)c(=O)[nH]1. The number of alkyl halides is 2. The minimum absolute atomic E-state index is 0.0544. The molecule has 2 aromatic rings. The van der Waals surface area contributed by atoms with Crippen LogP contribution < -0.4 is 11.3 Å². The molecule has 19 heavy (non-hydrogen) atoms. The number of nitrogen functional groups attached to an aromatic ring is 1. The van der Waals surface area contributed by atoms with Crippen LogP contribution in [0.4, 0.5) is 14.7 Å². The molecule has 0 radical (unpaired) electrons. The molecular weight excluding hydrogens is 260 g/mol. The number of aliphatic hydroxyl groups excluding tert-OH is 1. The minimum Gasteiger partial charge on any atom is -0.396 e. The van der Waals surface area contributed by atoms with Gasteiger partial charge in [-0.05, 0) is 0 Å². The Hall–Kier alpha value is -2.03. The molecule has 3 rings (SSSR count). The van der Waals surface area contributed by atoms with Gasteiger partial charge >= 0.3 is 0 Å². The van der Waals surface area contributed by atoms with Gasteiger partial charge in [-0.1, -0.05) is 0 Å². The van der Waals surface area contributed by atoms with Crippen LogP contribution in [-0.4, -0.2) is 37.2 Å². The van der Waals surface area contributed by atoms with Gasteiger partial charge in [0, 0.05) is 6.54 Å². The Bertz CT molecular complexity index is 695. The highest BCUT2D eigenvalue weighted by Gasteiger charge is 2.67. The summed E-state index contributed by atoms with van der Waals surface area (Å²) >= 11 is 0. The first kappa shape index (κ1) is 12.0. The van der Waals surface area contributed by atoms with E-state index in [1.54, 1.807) is 0 Å². The topological polar surface area (TPSA) is 110 Å². The Morgan fingerprint density at radius 3 is 2.89 bits per heavy atom. The first-order valence-electron chi connectivity index (χ1n) is 5.64. The molecule has 4 N–H and O–H groups in total. The molecule has 1 fully saturated rings. The first-order chi connectivity index (χ1) is 8.95. The van der Waals surface area contributed by atoms with Gasteiger partial charge in [-0.15, -0.1) is 0 Å². The summed E-state index contributed by atoms with van der Waals surface area (Å²) in [5.74, 6) is -5.01. The maximum Gasteiger partial charge on any atom is 0.280 e. The number of aromatic nitrogens is 4. The number of aliphatic hydroxyl groups is 1. The minimum atomic E-state index is -2.89. The lowest BCUT2D eigenvalue weighted by Gasteiger charge is -2.02. The Kier molecular flexibility index (Phi) is 2.36. The summed E-state index contributed by atoms with van der Waals surface area (Å²) in [6, 6.07) is 0. The zero-order valence-corrected chi connectivity index (χ0v) is 9.68. The zero-order valence-electron chi connectivity index (χ0n) is 9.68. The molecule has 1 aliphatic carbocycles. The van der Waals surface area contributed by atoms with Crippen LogP contribution in [0.2, 0.25) is 0 Å². The van der Waals surface area contributed by atoms with E-state index >= 15 is 0 Å². The largest absolute Gasteiger partial charge is 0.396 e. The molecule has 0 spiro atoms. The molecule has 0 unspecified atom stereocenters. The van der Waals surface area contributed by atoms with E-state index in [0.717, 1.165) is 0 Å². The van der Waals surface area contributed by atoms with E-state index in [4.69, 9.17) is 10.8 Å². The van der Waals surface area contributed by atoms with E-state index in [-0.39, 0.29) is 23.7 Å². The van der Waals surface area contributed by atoms with Crippen LogP contribution in [-0.2, 0) is 6.54 Å². The fraction of sp³-hybridized carbons (Fsp3) is 0.500. The van der Waals surface area contributed by atoms with Gasteiger partial charge < -0.3 is 15.4 Å². The Labute approximate surface area is 105 Å². The third-order valence-electron chi connectivity index (χ3n) is 3.45. The highest BCUT2D eigenvalue weighted by atomic mass is 19.3. The standard InChI is InChI=1S/C10H11F2N5O2/c11-10(12)4(5(10)2-18)1-17-3-14-6-7(17)15-9(13)16-8(6)19/h3-5,18H,1-2H2,(H3,13,15,16,19)/t4-,5+/m0/s1. The van der Waals surface area contributed by atoms with Crippen LogP contribution in [0.25, 0.3) is 11.2 Å². The van der Waals surface area contributed by atoms with Crippen molar-refractivity contribution in [2.24, 2.45) is 11.8 Å². The summed E-state index contributed by atoms with van der Waals surface area (Å²) < 4.78 is 28.0. The van der Waals surface area contributed by atoms with Crippen LogP contribution >= 0.6 is 0 Å². The Morgan fingerprint density at radius 1 is 1.53 bits per heavy atom. The third-order valence-corrected chi connectivity index (χ3v) is 3.45. The number of hydrogen-bond donors (Lipinski definition) is 3. The van der Waals surface area contributed by atoms with Crippen molar-refractivity contribution in [1.29, 1.82) is 0 Å². The summed E-state index contributed by atoms with van der Waals surface area (Å²) in [6.45, 7) is -0.634. The molecule has 0 aliphatic heterocycles. The molecular formula is C10H11F2N5O2. The molecule has 0 bridgehead atoms. The van der Waals surface area contributed by atoms with E-state index in [2.05, 4.69) is 15.0 Å². The molecule has 7 nitrogen and oxygen atoms in total. The summed E-state index contributed by atoms with van der Waals surface area (Å²) in [5, 5.41) is 8.85. The van der Waals surface area contributed by atoms with Gasteiger partial charge in [0.05, 0.1) is 24.8 Å². The van der Waals surface area contributed by atoms with Gasteiger partial charge in [-0.3, -0.25) is 9.78 Å². The number of halogens is 2. The number of nitrogens with one attached hydrogen (secondary N) is 1. The molecule has 0 amide bonds. The second-order valence-electron chi connectivity index (χ2n) is 4.59. The van der Waals surface area contributed by atoms with Crippen LogP contribution in [0.1, 0.15) is 0 Å². The third kappa shape index (κ3) is 1.69. The van der Waals surface area contributed by atoms with Crippen LogP contribution in [0.3, 0.4) is 0 Å². The highest BCUT2D eigenvalue weighted by Crippen LogP contribution is 2.55. The summed E-state index contributed by atoms with van der Waals surface area (Å²) in [4.78, 5) is 21.5. The fourth-order valence-electron chi connectivity index (χ4n) is 2.27. The molecule has 1 aliphatic rings. The van der Waals surface area contributed by atoms with Gasteiger partial charge in [0.1, 0.15) is 0 Å². The van der Waals surface area contributed by atoms with Gasteiger partial charge in [0.15, 0.2) is 11.2 Å². The molecule has 2 aromatic heterocycles. The van der Waals surface area contributed by atoms with Crippen molar-refractivity contribution < 1.29 is 13.9 Å². The van der Waals surface area contributed by atoms with Crippen molar-refractivity contribution in [2.75, 3.05) is 12.3 Å². The van der Waals surface area contributed by atoms with Crippen molar-refractivity contribution in [2.45, 2.75) is 12.5 Å². The first-order valence-corrected chi connectivity index (χ1v) is 5.64. The fourth-order valence-corrected chi connectivity index (χ4v) is 2.27. The molecule has 0 saturated heterocycles. The van der Waals surface area contributed by atoms with E-state index in [9.17, 15) is 13.6 Å². The number of anilines is 1. The number of imidazole rings is 1. The maximum absolute atomic E-state index is 13.3. The van der Waals surface area contributed by atoms with Crippen LogP contribution in [0, 0.1) is 11.8 Å². The predicted octanol–water partition coefficient (Wildman–Crippen LogP) is -0.425. The van der Waals surface area contributed by atoms with Gasteiger partial charge in [0.25, 0.3) is 11.5 Å². The quantitative estimate of drug-likeness (QED) is 0.702. The Morgan fingerprint density at radius 2 is 2.26 bits per heavy atom. The molecule has 0 aromatic carbocycles. The van der Waals surface area contributed by atoms with Crippen molar-refractivity contribution >= 4 is 17.1 Å². The van der Waals surface area contributed by atoms with Gasteiger partial charge in [-0.2, -0.15) is 4.98 Å². The highest BCUT2D eigenvalue weighted by molar-refractivity contribution is 5.70. The van der Waals surface area contributed by atoms with E-state index in [0.29, 0.717) is 0 Å². The number of hydrogen-bond acceptors (Lipinski definition) is 5. The van der Waals surface area contributed by atoms with E-state index in [1.165, 1.54) is 10.9 Å². The van der Waals surface area contributed by atoms with Gasteiger partial charge in [-0.25, -0.2) is 13.8 Å². The van der Waals surface area contributed by atoms with E-state index in [1.807, 2.05) is 0 Å². The number of fused-ring (bicyclic) bond motifs is 1. The number of rotatable bonds is 3. The number of H-pyrrole nitrogens is 1. The maximum atomic E-state index is 13.3. The molecule has 2 atom stereocenters. The van der Waals surface area contributed by atoms with Crippen molar-refractivity contribution in [1.82, 2.24) is 19.5 Å². The lowest BCUT2D eigenvalue weighted by Crippen LogP contribution is -2.13. The number of nitrogens with zero attached hydrogens (tertiary/aromatic N) is 3. The van der Waals surface area contributed by atoms with Crippen LogP contribution in [0.5, 0.6) is 0 Å². The van der Waals surface area contributed by atoms with Crippen LogP contribution in [0.15, 0.2) is 11.1 Å². The normalized spacial score (nSPS) is 24.8. The summed E-state index contributed by atoms with van der Waals surface area (Å²) in [7, 11) is 0. The monoisotopic (exact) mass is 271 g/mol.